The van der Waals surface area contributed by atoms with Crippen molar-refractivity contribution in [3.05, 3.63) is 53.4 Å². The SMILES string of the molecule is CC1(C)CC(NC[C@H]2CC[C@@H]3[C@H](O2)c2cc(C(F)(F)F)ccc2N[C@H]3C2C=CC(F)=CC2)CC(C)(C)N1. The van der Waals surface area contributed by atoms with Crippen LogP contribution in [-0.2, 0) is 10.9 Å². The molecule has 3 heterocycles. The Morgan fingerprint density at radius 3 is 2.46 bits per heavy atom. The standard InChI is InChI=1S/C29H39F4N3O/c1-27(2)14-20(15-28(3,4)36-27)34-16-21-10-11-22-25(17-5-8-19(30)9-6-17)35-24-12-7-18(29(31,32)33)13-23(24)26(22)37-21/h5,7-9,12-13,17,20-22,25-26,34-36H,6,10-11,14-16H2,1-4H3/t17?,21-,22+,25+,26+/m1/s1. The first-order valence-corrected chi connectivity index (χ1v) is 13.5. The minimum absolute atomic E-state index is 0.00759. The van der Waals surface area contributed by atoms with Gasteiger partial charge >= 0.3 is 6.18 Å². The summed E-state index contributed by atoms with van der Waals surface area (Å²) in [5, 5.41) is 10.9. The third-order valence-electron chi connectivity index (χ3n) is 8.39. The molecule has 0 radical (unpaired) electrons. The van der Waals surface area contributed by atoms with Crippen molar-refractivity contribution in [1.82, 2.24) is 10.6 Å². The molecule has 0 aromatic heterocycles. The zero-order chi connectivity index (χ0) is 26.6. The van der Waals surface area contributed by atoms with Crippen LogP contribution >= 0.6 is 0 Å². The normalized spacial score (nSPS) is 33.2. The first-order chi connectivity index (χ1) is 17.3. The van der Waals surface area contributed by atoms with Crippen LogP contribution in [0.3, 0.4) is 0 Å². The average Bonchev–Trinajstić information content (AvgIpc) is 2.80. The summed E-state index contributed by atoms with van der Waals surface area (Å²) < 4.78 is 61.0. The number of alkyl halides is 3. The number of nitrogens with one attached hydrogen (secondary N) is 3. The summed E-state index contributed by atoms with van der Waals surface area (Å²) in [4.78, 5) is 0. The lowest BCUT2D eigenvalue weighted by Gasteiger charge is -2.49. The van der Waals surface area contributed by atoms with Gasteiger partial charge in [-0.3, -0.25) is 0 Å². The molecule has 204 valence electrons. The van der Waals surface area contributed by atoms with Gasteiger partial charge in [0.05, 0.1) is 17.8 Å². The molecule has 5 rings (SSSR count). The van der Waals surface area contributed by atoms with Crippen molar-refractivity contribution in [2.24, 2.45) is 11.8 Å². The molecule has 4 nitrogen and oxygen atoms in total. The van der Waals surface area contributed by atoms with E-state index in [2.05, 4.69) is 43.6 Å². The fraction of sp³-hybridized carbons (Fsp3) is 0.655. The van der Waals surface area contributed by atoms with Crippen molar-refractivity contribution >= 4 is 5.69 Å². The van der Waals surface area contributed by atoms with Gasteiger partial charge in [-0.15, -0.1) is 0 Å². The number of hydrogen-bond acceptors (Lipinski definition) is 4. The fourth-order valence-electron chi connectivity index (χ4n) is 7.19. The summed E-state index contributed by atoms with van der Waals surface area (Å²) >= 11 is 0. The smallest absolute Gasteiger partial charge is 0.381 e. The molecule has 1 aromatic carbocycles. The van der Waals surface area contributed by atoms with E-state index >= 15 is 0 Å². The Labute approximate surface area is 217 Å². The topological polar surface area (TPSA) is 45.3 Å². The molecule has 3 N–H and O–H groups in total. The monoisotopic (exact) mass is 521 g/mol. The van der Waals surface area contributed by atoms with Gasteiger partial charge in [0.25, 0.3) is 0 Å². The van der Waals surface area contributed by atoms with E-state index in [1.54, 1.807) is 6.08 Å². The van der Waals surface area contributed by atoms with Crippen LogP contribution in [0.15, 0.2) is 42.3 Å². The lowest BCUT2D eigenvalue weighted by Crippen LogP contribution is -2.62. The molecule has 0 saturated carbocycles. The van der Waals surface area contributed by atoms with Crippen LogP contribution < -0.4 is 16.0 Å². The fourth-order valence-corrected chi connectivity index (χ4v) is 7.19. The molecule has 37 heavy (non-hydrogen) atoms. The number of hydrogen-bond donors (Lipinski definition) is 3. The van der Waals surface area contributed by atoms with Crippen molar-refractivity contribution in [3.63, 3.8) is 0 Å². The molecule has 2 saturated heterocycles. The highest BCUT2D eigenvalue weighted by Crippen LogP contribution is 2.49. The highest BCUT2D eigenvalue weighted by molar-refractivity contribution is 5.58. The summed E-state index contributed by atoms with van der Waals surface area (Å²) in [6, 6.07) is 4.21. The number of halogens is 4. The largest absolute Gasteiger partial charge is 0.416 e. The predicted octanol–water partition coefficient (Wildman–Crippen LogP) is 6.66. The van der Waals surface area contributed by atoms with Gasteiger partial charge < -0.3 is 20.7 Å². The van der Waals surface area contributed by atoms with E-state index in [0.29, 0.717) is 30.3 Å². The summed E-state index contributed by atoms with van der Waals surface area (Å²) in [6.45, 7) is 9.54. The molecule has 3 aliphatic heterocycles. The van der Waals surface area contributed by atoms with Crippen molar-refractivity contribution in [1.29, 1.82) is 0 Å². The van der Waals surface area contributed by atoms with Crippen LogP contribution in [0, 0.1) is 11.8 Å². The van der Waals surface area contributed by atoms with Gasteiger partial charge in [-0.05, 0) is 90.2 Å². The van der Waals surface area contributed by atoms with Gasteiger partial charge in [0, 0.05) is 52.8 Å². The third kappa shape index (κ3) is 5.91. The van der Waals surface area contributed by atoms with E-state index in [4.69, 9.17) is 4.74 Å². The average molecular weight is 522 g/mol. The minimum atomic E-state index is -4.42. The third-order valence-corrected chi connectivity index (χ3v) is 8.39. The lowest BCUT2D eigenvalue weighted by molar-refractivity contribution is -0.138. The van der Waals surface area contributed by atoms with Crippen LogP contribution in [0.5, 0.6) is 0 Å². The van der Waals surface area contributed by atoms with Gasteiger partial charge in [-0.1, -0.05) is 6.08 Å². The van der Waals surface area contributed by atoms with Crippen LogP contribution in [-0.4, -0.2) is 35.8 Å². The number of anilines is 1. The first kappa shape index (κ1) is 26.7. The van der Waals surface area contributed by atoms with Crippen molar-refractivity contribution in [3.8, 4) is 0 Å². The van der Waals surface area contributed by atoms with E-state index < -0.39 is 17.8 Å². The zero-order valence-electron chi connectivity index (χ0n) is 22.1. The van der Waals surface area contributed by atoms with Crippen molar-refractivity contribution in [2.45, 2.75) is 101 Å². The summed E-state index contributed by atoms with van der Waals surface area (Å²) in [7, 11) is 0. The minimum Gasteiger partial charge on any atom is -0.381 e. The molecule has 5 atom stereocenters. The second-order valence-corrected chi connectivity index (χ2v) is 12.6. The Kier molecular flexibility index (Phi) is 6.99. The highest BCUT2D eigenvalue weighted by Gasteiger charge is 2.45. The maximum Gasteiger partial charge on any atom is 0.416 e. The number of piperidine rings is 1. The Morgan fingerprint density at radius 2 is 1.81 bits per heavy atom. The van der Waals surface area contributed by atoms with Crippen LogP contribution in [0.25, 0.3) is 0 Å². The van der Waals surface area contributed by atoms with E-state index in [-0.39, 0.29) is 40.9 Å². The Morgan fingerprint density at radius 1 is 1.08 bits per heavy atom. The molecule has 0 amide bonds. The molecular formula is C29H39F4N3O. The quantitative estimate of drug-likeness (QED) is 0.388. The predicted molar refractivity (Wildman–Crippen MR) is 138 cm³/mol. The second kappa shape index (κ2) is 9.69. The Balaban J connectivity index is 1.35. The van der Waals surface area contributed by atoms with E-state index in [1.807, 2.05) is 6.08 Å². The van der Waals surface area contributed by atoms with Gasteiger partial charge in [-0.25, -0.2) is 4.39 Å². The molecule has 0 bridgehead atoms. The second-order valence-electron chi connectivity index (χ2n) is 12.6. The Hall–Kier alpha value is -1.90. The number of ether oxygens (including phenoxy) is 1. The Bertz CT molecular complexity index is 1050. The van der Waals surface area contributed by atoms with Crippen molar-refractivity contribution < 1.29 is 22.3 Å². The molecule has 4 aliphatic rings. The maximum absolute atomic E-state index is 13.6. The summed E-state index contributed by atoms with van der Waals surface area (Å²) in [5.74, 6) is -0.178. The molecule has 1 unspecified atom stereocenters. The van der Waals surface area contributed by atoms with Gasteiger partial charge in [0.2, 0.25) is 0 Å². The van der Waals surface area contributed by atoms with Gasteiger partial charge in [-0.2, -0.15) is 13.2 Å². The van der Waals surface area contributed by atoms with E-state index in [1.165, 1.54) is 18.2 Å². The molecule has 2 fully saturated rings. The molecule has 1 aliphatic carbocycles. The van der Waals surface area contributed by atoms with Gasteiger partial charge in [0.1, 0.15) is 5.83 Å². The highest BCUT2D eigenvalue weighted by atomic mass is 19.4. The number of allylic oxidation sites excluding steroid dienone is 3. The molecule has 0 spiro atoms. The molecule has 1 aromatic rings. The number of fused-ring (bicyclic) bond motifs is 3. The maximum atomic E-state index is 13.6. The van der Waals surface area contributed by atoms with Crippen LogP contribution in [0.1, 0.15) is 77.0 Å². The molecule has 8 heteroatoms. The van der Waals surface area contributed by atoms with Crippen molar-refractivity contribution in [2.75, 3.05) is 11.9 Å². The molecular weight excluding hydrogens is 482 g/mol. The number of benzene rings is 1. The van der Waals surface area contributed by atoms with E-state index in [0.717, 1.165) is 31.7 Å². The van der Waals surface area contributed by atoms with Crippen LogP contribution in [0.4, 0.5) is 23.2 Å². The summed E-state index contributed by atoms with van der Waals surface area (Å²) in [6.07, 6.45) is 4.25. The lowest BCUT2D eigenvalue weighted by atomic mass is 9.72. The first-order valence-electron chi connectivity index (χ1n) is 13.5. The van der Waals surface area contributed by atoms with E-state index in [9.17, 15) is 17.6 Å². The zero-order valence-corrected chi connectivity index (χ0v) is 22.1. The van der Waals surface area contributed by atoms with Crippen LogP contribution in [0.2, 0.25) is 0 Å². The summed E-state index contributed by atoms with van der Waals surface area (Å²) in [5.41, 5.74) is 0.642. The number of rotatable bonds is 4. The van der Waals surface area contributed by atoms with Gasteiger partial charge in [0.15, 0.2) is 0 Å².